The Morgan fingerprint density at radius 3 is 2.53 bits per heavy atom. The van der Waals surface area contributed by atoms with E-state index in [-0.39, 0.29) is 17.0 Å². The van der Waals surface area contributed by atoms with Gasteiger partial charge in [-0.05, 0) is 69.5 Å². The summed E-state index contributed by atoms with van der Waals surface area (Å²) in [6.45, 7) is 6.29. The average Bonchev–Trinajstić information content (AvgIpc) is 3.08. The molecule has 3 heterocycles. The maximum absolute atomic E-state index is 13.7. The first-order valence-electron chi connectivity index (χ1n) is 10.9. The second kappa shape index (κ2) is 9.09. The van der Waals surface area contributed by atoms with Gasteiger partial charge in [0.15, 0.2) is 5.65 Å². The monoisotopic (exact) mass is 487 g/mol. The fourth-order valence-corrected chi connectivity index (χ4v) is 4.21. The van der Waals surface area contributed by atoms with Crippen molar-refractivity contribution < 1.29 is 19.1 Å². The number of benzene rings is 1. The van der Waals surface area contributed by atoms with E-state index in [4.69, 9.17) is 21.1 Å². The van der Waals surface area contributed by atoms with Crippen LogP contribution in [-0.4, -0.2) is 61.9 Å². The highest BCUT2D eigenvalue weighted by molar-refractivity contribution is 6.28. The molecule has 1 aliphatic rings. The first kappa shape index (κ1) is 23.7. The molecule has 4 rings (SSSR count). The number of hydrogen-bond acceptors (Lipinski definition) is 7. The van der Waals surface area contributed by atoms with Crippen molar-refractivity contribution in [1.82, 2.24) is 24.0 Å². The number of amides is 1. The number of ether oxygens (including phenoxy) is 2. The fourth-order valence-electron chi connectivity index (χ4n) is 4.08. The summed E-state index contributed by atoms with van der Waals surface area (Å²) in [6, 6.07) is 6.15. The molecule has 11 heteroatoms. The Hall–Kier alpha value is -3.40. The number of rotatable bonds is 3. The van der Waals surface area contributed by atoms with Crippen LogP contribution in [0.5, 0.6) is 0 Å². The van der Waals surface area contributed by atoms with E-state index in [1.165, 1.54) is 17.9 Å². The minimum Gasteiger partial charge on any atom is -0.465 e. The second-order valence-electron chi connectivity index (χ2n) is 9.10. The Kier molecular flexibility index (Phi) is 6.35. The fraction of sp³-hybridized carbons (Fsp3) is 0.435. The van der Waals surface area contributed by atoms with Gasteiger partial charge in [-0.25, -0.2) is 19.4 Å². The van der Waals surface area contributed by atoms with E-state index in [1.54, 1.807) is 33.7 Å². The number of piperidine rings is 1. The molecular weight excluding hydrogens is 462 g/mol. The van der Waals surface area contributed by atoms with Crippen LogP contribution in [0.1, 0.15) is 50.0 Å². The molecule has 1 amide bonds. The Morgan fingerprint density at radius 1 is 1.18 bits per heavy atom. The van der Waals surface area contributed by atoms with Crippen molar-refractivity contribution in [3.8, 4) is 5.69 Å². The summed E-state index contributed by atoms with van der Waals surface area (Å²) in [7, 11) is 1.31. The molecule has 0 spiro atoms. The minimum atomic E-state index is -0.617. The van der Waals surface area contributed by atoms with Crippen molar-refractivity contribution in [3.05, 3.63) is 51.8 Å². The number of esters is 1. The normalized spacial score (nSPS) is 16.5. The van der Waals surface area contributed by atoms with Gasteiger partial charge >= 0.3 is 17.8 Å². The van der Waals surface area contributed by atoms with Crippen molar-refractivity contribution in [2.75, 3.05) is 20.2 Å². The Balaban J connectivity index is 1.76. The molecule has 1 aliphatic heterocycles. The van der Waals surface area contributed by atoms with Crippen molar-refractivity contribution in [3.63, 3.8) is 0 Å². The summed E-state index contributed by atoms with van der Waals surface area (Å²) in [6.07, 6.45) is 2.46. The van der Waals surface area contributed by atoms with Crippen LogP contribution in [0.4, 0.5) is 4.79 Å². The lowest BCUT2D eigenvalue weighted by Gasteiger charge is -2.34. The second-order valence-corrected chi connectivity index (χ2v) is 9.43. The standard InChI is InChI=1S/C23H26ClN5O5/c1-23(2,3)34-22(32)27-11-5-6-16(13-27)29-18-17(12-25-20(24)26-18)28(21(29)31)15-9-7-14(8-10-15)19(30)33-4/h7-10,12,16H,5-6,11,13H2,1-4H3. The number of carbonyl (C=O) groups is 2. The average molecular weight is 488 g/mol. The lowest BCUT2D eigenvalue weighted by Crippen LogP contribution is -2.45. The van der Waals surface area contributed by atoms with E-state index in [0.717, 1.165) is 0 Å². The zero-order chi connectivity index (χ0) is 24.6. The molecule has 0 N–H and O–H groups in total. The lowest BCUT2D eigenvalue weighted by atomic mass is 10.1. The quantitative estimate of drug-likeness (QED) is 0.410. The van der Waals surface area contributed by atoms with Gasteiger partial charge in [0.25, 0.3) is 0 Å². The summed E-state index contributed by atoms with van der Waals surface area (Å²) in [5.41, 5.74) is 0.782. The highest BCUT2D eigenvalue weighted by atomic mass is 35.5. The van der Waals surface area contributed by atoms with Crippen LogP contribution >= 0.6 is 11.6 Å². The highest BCUT2D eigenvalue weighted by Gasteiger charge is 2.31. The molecule has 10 nitrogen and oxygen atoms in total. The zero-order valence-corrected chi connectivity index (χ0v) is 20.2. The van der Waals surface area contributed by atoms with Crippen molar-refractivity contribution in [2.24, 2.45) is 0 Å². The zero-order valence-electron chi connectivity index (χ0n) is 19.4. The molecule has 1 unspecified atom stereocenters. The summed E-state index contributed by atoms with van der Waals surface area (Å²) >= 11 is 6.08. The number of fused-ring (bicyclic) bond motifs is 1. The first-order chi connectivity index (χ1) is 16.1. The van der Waals surface area contributed by atoms with Gasteiger partial charge in [-0.15, -0.1) is 0 Å². The van der Waals surface area contributed by atoms with Crippen LogP contribution in [0, 0.1) is 0 Å². The minimum absolute atomic E-state index is 0.0132. The molecular formula is C23H26ClN5O5. The number of methoxy groups -OCH3 is 1. The summed E-state index contributed by atoms with van der Waals surface area (Å²) < 4.78 is 13.3. The van der Waals surface area contributed by atoms with Gasteiger partial charge in [0, 0.05) is 13.1 Å². The van der Waals surface area contributed by atoms with Crippen LogP contribution in [-0.2, 0) is 9.47 Å². The molecule has 1 atom stereocenters. The molecule has 1 fully saturated rings. The number of likely N-dealkylation sites (tertiary alicyclic amines) is 1. The third kappa shape index (κ3) is 4.63. The molecule has 0 aliphatic carbocycles. The van der Waals surface area contributed by atoms with Crippen molar-refractivity contribution >= 4 is 34.8 Å². The Labute approximate surface area is 201 Å². The number of aromatic nitrogens is 4. The molecule has 0 bridgehead atoms. The van der Waals surface area contributed by atoms with Gasteiger partial charge in [0.2, 0.25) is 5.28 Å². The van der Waals surface area contributed by atoms with Gasteiger partial charge in [0.1, 0.15) is 11.1 Å². The van der Waals surface area contributed by atoms with Gasteiger partial charge < -0.3 is 14.4 Å². The first-order valence-corrected chi connectivity index (χ1v) is 11.3. The van der Waals surface area contributed by atoms with E-state index in [2.05, 4.69) is 9.97 Å². The molecule has 0 radical (unpaired) electrons. The highest BCUT2D eigenvalue weighted by Crippen LogP contribution is 2.27. The van der Waals surface area contributed by atoms with E-state index in [1.807, 2.05) is 20.8 Å². The third-order valence-corrected chi connectivity index (χ3v) is 5.73. The molecule has 2 aromatic heterocycles. The molecule has 180 valence electrons. The van der Waals surface area contributed by atoms with Gasteiger partial charge in [-0.3, -0.25) is 9.13 Å². The Bertz CT molecular complexity index is 1290. The van der Waals surface area contributed by atoms with Gasteiger partial charge in [-0.1, -0.05) is 0 Å². The number of carbonyl (C=O) groups excluding carboxylic acids is 2. The largest absolute Gasteiger partial charge is 0.465 e. The van der Waals surface area contributed by atoms with Crippen molar-refractivity contribution in [1.29, 1.82) is 0 Å². The molecule has 1 aromatic carbocycles. The van der Waals surface area contributed by atoms with E-state index < -0.39 is 17.7 Å². The van der Waals surface area contributed by atoms with E-state index >= 15 is 0 Å². The lowest BCUT2D eigenvalue weighted by molar-refractivity contribution is 0.0172. The van der Waals surface area contributed by atoms with E-state index in [0.29, 0.717) is 48.3 Å². The van der Waals surface area contributed by atoms with Crippen LogP contribution < -0.4 is 5.69 Å². The molecule has 0 saturated carbocycles. The summed E-state index contributed by atoms with van der Waals surface area (Å²) in [5, 5.41) is 0.0132. The van der Waals surface area contributed by atoms with Crippen LogP contribution in [0.3, 0.4) is 0 Å². The third-order valence-electron chi connectivity index (χ3n) is 5.55. The maximum atomic E-state index is 13.7. The number of halogens is 1. The van der Waals surface area contributed by atoms with Crippen molar-refractivity contribution in [2.45, 2.75) is 45.3 Å². The summed E-state index contributed by atoms with van der Waals surface area (Å²) in [4.78, 5) is 48.1. The Morgan fingerprint density at radius 2 is 1.88 bits per heavy atom. The number of imidazole rings is 1. The molecule has 1 saturated heterocycles. The van der Waals surface area contributed by atoms with Crippen LogP contribution in [0.25, 0.3) is 16.9 Å². The van der Waals surface area contributed by atoms with Crippen LogP contribution in [0.2, 0.25) is 5.28 Å². The predicted molar refractivity (Wildman–Crippen MR) is 126 cm³/mol. The maximum Gasteiger partial charge on any atom is 0.410 e. The topological polar surface area (TPSA) is 109 Å². The summed E-state index contributed by atoms with van der Waals surface area (Å²) in [5.74, 6) is -0.471. The number of hydrogen-bond donors (Lipinski definition) is 0. The molecule has 3 aromatic rings. The van der Waals surface area contributed by atoms with Gasteiger partial charge in [-0.2, -0.15) is 4.98 Å². The van der Waals surface area contributed by atoms with Gasteiger partial charge in [0.05, 0.1) is 30.6 Å². The smallest absolute Gasteiger partial charge is 0.410 e. The van der Waals surface area contributed by atoms with Crippen LogP contribution in [0.15, 0.2) is 35.3 Å². The molecule has 34 heavy (non-hydrogen) atoms. The predicted octanol–water partition coefficient (Wildman–Crippen LogP) is 3.59. The SMILES string of the molecule is COC(=O)c1ccc(-n2c(=O)n(C3CCCN(C(=O)OC(C)(C)C)C3)c3nc(Cl)ncc32)cc1. The number of nitrogens with zero attached hydrogens (tertiary/aromatic N) is 5. The van der Waals surface area contributed by atoms with E-state index in [9.17, 15) is 14.4 Å².